The van der Waals surface area contributed by atoms with Crippen molar-refractivity contribution >= 4 is 43.9 Å². The Morgan fingerprint density at radius 1 is 1.03 bits per heavy atom. The van der Waals surface area contributed by atoms with Gasteiger partial charge in [-0.15, -0.1) is 11.3 Å². The van der Waals surface area contributed by atoms with E-state index in [9.17, 15) is 9.18 Å². The van der Waals surface area contributed by atoms with Gasteiger partial charge in [-0.1, -0.05) is 18.2 Å². The topological polar surface area (TPSA) is 48.1 Å². The Labute approximate surface area is 208 Å². The number of amides is 1. The first-order valence-corrected chi connectivity index (χ1v) is 12.5. The van der Waals surface area contributed by atoms with Gasteiger partial charge in [0.2, 0.25) is 0 Å². The van der Waals surface area contributed by atoms with Gasteiger partial charge >= 0.3 is 0 Å². The molecule has 6 heteroatoms. The lowest BCUT2D eigenvalue weighted by atomic mass is 10.1. The molecule has 0 aliphatic rings. The van der Waals surface area contributed by atoms with Crippen LogP contribution in [0.15, 0.2) is 66.7 Å². The first kappa shape index (κ1) is 23.3. The number of hydrogen-bond acceptors (Lipinski definition) is 3. The molecule has 0 radical (unpaired) electrons. The van der Waals surface area contributed by atoms with E-state index < -0.39 is 0 Å². The number of aromatic nitrogens is 1. The number of aromatic amines is 1. The number of fused-ring (bicyclic) bond motifs is 2. The summed E-state index contributed by atoms with van der Waals surface area (Å²) in [5.74, 6) is -0.612. The van der Waals surface area contributed by atoms with Gasteiger partial charge in [0, 0.05) is 50.5 Å². The Kier molecular flexibility index (Phi) is 6.41. The van der Waals surface area contributed by atoms with Crippen LogP contribution in [-0.2, 0) is 13.0 Å². The number of hydrogen-bond donors (Lipinski definition) is 2. The van der Waals surface area contributed by atoms with E-state index in [4.69, 9.17) is 0 Å². The average Bonchev–Trinajstić information content (AvgIpc) is 3.33. The maximum Gasteiger partial charge on any atom is 0.255 e. The van der Waals surface area contributed by atoms with Crippen molar-refractivity contribution in [2.75, 3.05) is 18.9 Å². The Hall–Kier alpha value is -3.48. The molecule has 0 bridgehead atoms. The summed E-state index contributed by atoms with van der Waals surface area (Å²) < 4.78 is 14.5. The normalized spacial score (nSPS) is 11.6. The summed E-state index contributed by atoms with van der Waals surface area (Å²) in [6.07, 6.45) is 0.904. The molecule has 0 aliphatic carbocycles. The van der Waals surface area contributed by atoms with Crippen molar-refractivity contribution in [3.63, 3.8) is 0 Å². The van der Waals surface area contributed by atoms with Crippen molar-refractivity contribution in [1.29, 1.82) is 0 Å². The van der Waals surface area contributed by atoms with Gasteiger partial charge < -0.3 is 15.2 Å². The molecule has 0 unspecified atom stereocenters. The molecule has 2 N–H and O–H groups in total. The van der Waals surface area contributed by atoms with E-state index in [0.717, 1.165) is 41.8 Å². The summed E-state index contributed by atoms with van der Waals surface area (Å²) in [5, 5.41) is 5.41. The number of thiophene rings is 1. The van der Waals surface area contributed by atoms with Crippen molar-refractivity contribution in [3.8, 4) is 0 Å². The predicted octanol–water partition coefficient (Wildman–Crippen LogP) is 7.07. The van der Waals surface area contributed by atoms with Gasteiger partial charge in [-0.2, -0.15) is 0 Å². The quantitative estimate of drug-likeness (QED) is 0.259. The highest BCUT2D eigenvalue weighted by Crippen LogP contribution is 2.31. The molecule has 0 saturated carbocycles. The fourth-order valence-corrected chi connectivity index (χ4v) is 5.88. The van der Waals surface area contributed by atoms with Crippen LogP contribution >= 0.6 is 11.3 Å². The molecular weight excluding hydrogens is 457 g/mol. The van der Waals surface area contributed by atoms with Crippen molar-refractivity contribution in [2.45, 2.75) is 26.8 Å². The largest absolute Gasteiger partial charge is 0.358 e. The van der Waals surface area contributed by atoms with Gasteiger partial charge in [0.05, 0.1) is 0 Å². The molecule has 35 heavy (non-hydrogen) atoms. The third-order valence-electron chi connectivity index (χ3n) is 6.58. The zero-order valence-electron chi connectivity index (χ0n) is 20.1. The van der Waals surface area contributed by atoms with Crippen molar-refractivity contribution < 1.29 is 9.18 Å². The lowest BCUT2D eigenvalue weighted by molar-refractivity contribution is 0.102. The van der Waals surface area contributed by atoms with E-state index in [1.165, 1.54) is 50.4 Å². The fraction of sp³-hybridized carbons (Fsp3) is 0.207. The molecule has 0 atom stereocenters. The third kappa shape index (κ3) is 4.85. The molecule has 5 rings (SSSR count). The van der Waals surface area contributed by atoms with Crippen LogP contribution in [0.1, 0.15) is 32.1 Å². The second kappa shape index (κ2) is 9.64. The van der Waals surface area contributed by atoms with Gasteiger partial charge in [0.15, 0.2) is 0 Å². The summed E-state index contributed by atoms with van der Waals surface area (Å²) in [5.41, 5.74) is 5.99. The van der Waals surface area contributed by atoms with Crippen LogP contribution in [0.5, 0.6) is 0 Å². The number of benzene rings is 3. The van der Waals surface area contributed by atoms with Crippen molar-refractivity contribution in [2.24, 2.45) is 0 Å². The lowest BCUT2D eigenvalue weighted by Gasteiger charge is -2.16. The van der Waals surface area contributed by atoms with Gasteiger partial charge in [0.25, 0.3) is 5.91 Å². The molecule has 0 spiro atoms. The standard InChI is InChI=1S/C29H28FN3OS/c1-18-23-6-4-5-7-27(23)35-28(18)17-33(3)15-14-24-19(2)31-26-13-12-22(16-25(24)26)32-29(34)20-8-10-21(30)11-9-20/h4-13,16,31H,14-15,17H2,1-3H3,(H,32,34). The summed E-state index contributed by atoms with van der Waals surface area (Å²) in [4.78, 5) is 19.8. The Morgan fingerprint density at radius 2 is 1.80 bits per heavy atom. The van der Waals surface area contributed by atoms with Crippen LogP contribution in [0.2, 0.25) is 0 Å². The highest BCUT2D eigenvalue weighted by atomic mass is 32.1. The van der Waals surface area contributed by atoms with E-state index in [-0.39, 0.29) is 11.7 Å². The van der Waals surface area contributed by atoms with Crippen LogP contribution in [0.25, 0.3) is 21.0 Å². The maximum absolute atomic E-state index is 13.2. The van der Waals surface area contributed by atoms with Gasteiger partial charge in [0.1, 0.15) is 5.82 Å². The van der Waals surface area contributed by atoms with E-state index in [0.29, 0.717) is 5.56 Å². The number of carbonyl (C=O) groups is 1. The van der Waals surface area contributed by atoms with E-state index in [1.54, 1.807) is 0 Å². The number of nitrogens with one attached hydrogen (secondary N) is 2. The zero-order chi connectivity index (χ0) is 24.5. The maximum atomic E-state index is 13.2. The van der Waals surface area contributed by atoms with Crippen molar-refractivity contribution in [1.82, 2.24) is 9.88 Å². The minimum absolute atomic E-state index is 0.253. The van der Waals surface area contributed by atoms with E-state index in [2.05, 4.69) is 60.4 Å². The average molecular weight is 486 g/mol. The number of anilines is 1. The summed E-state index contributed by atoms with van der Waals surface area (Å²) in [7, 11) is 2.17. The predicted molar refractivity (Wildman–Crippen MR) is 144 cm³/mol. The SMILES string of the molecule is Cc1[nH]c2ccc(NC(=O)c3ccc(F)cc3)cc2c1CCN(C)Cc1sc2ccccc2c1C. The second-order valence-electron chi connectivity index (χ2n) is 9.08. The molecule has 0 fully saturated rings. The smallest absolute Gasteiger partial charge is 0.255 e. The van der Waals surface area contributed by atoms with Gasteiger partial charge in [-0.05, 0) is 92.4 Å². The zero-order valence-corrected chi connectivity index (χ0v) is 20.9. The first-order valence-electron chi connectivity index (χ1n) is 11.7. The third-order valence-corrected chi connectivity index (χ3v) is 7.84. The molecule has 4 nitrogen and oxygen atoms in total. The molecular formula is C29H28FN3OS. The Balaban J connectivity index is 1.30. The van der Waals surface area contributed by atoms with Crippen LogP contribution in [0.3, 0.4) is 0 Å². The number of halogens is 1. The molecule has 178 valence electrons. The van der Waals surface area contributed by atoms with Crippen LogP contribution < -0.4 is 5.32 Å². The number of nitrogens with zero attached hydrogens (tertiary/aromatic N) is 1. The van der Waals surface area contributed by atoms with Gasteiger partial charge in [-0.3, -0.25) is 4.79 Å². The van der Waals surface area contributed by atoms with Gasteiger partial charge in [-0.25, -0.2) is 4.39 Å². The second-order valence-corrected chi connectivity index (χ2v) is 10.2. The molecule has 0 aliphatic heterocycles. The van der Waals surface area contributed by atoms with Crippen LogP contribution in [-0.4, -0.2) is 29.4 Å². The molecule has 5 aromatic rings. The Bertz CT molecular complexity index is 1520. The van der Waals surface area contributed by atoms with E-state index in [1.807, 2.05) is 29.5 Å². The van der Waals surface area contributed by atoms with E-state index >= 15 is 0 Å². The minimum atomic E-state index is -0.358. The lowest BCUT2D eigenvalue weighted by Crippen LogP contribution is -2.20. The number of likely N-dealkylation sites (N-methyl/N-ethyl adjacent to an activating group) is 1. The van der Waals surface area contributed by atoms with Crippen LogP contribution in [0.4, 0.5) is 10.1 Å². The number of aryl methyl sites for hydroxylation is 2. The molecule has 2 heterocycles. The fourth-order valence-electron chi connectivity index (χ4n) is 4.59. The molecule has 3 aromatic carbocycles. The highest BCUT2D eigenvalue weighted by molar-refractivity contribution is 7.19. The molecule has 0 saturated heterocycles. The van der Waals surface area contributed by atoms with Crippen molar-refractivity contribution in [3.05, 3.63) is 99.8 Å². The molecule has 1 amide bonds. The minimum Gasteiger partial charge on any atom is -0.358 e. The summed E-state index contributed by atoms with van der Waals surface area (Å²) in [6, 6.07) is 20.1. The van der Waals surface area contributed by atoms with Crippen LogP contribution in [0, 0.1) is 19.7 Å². The number of H-pyrrole nitrogens is 1. The summed E-state index contributed by atoms with van der Waals surface area (Å²) >= 11 is 1.88. The highest BCUT2D eigenvalue weighted by Gasteiger charge is 2.14. The number of carbonyl (C=O) groups excluding carboxylic acids is 1. The monoisotopic (exact) mass is 485 g/mol. The first-order chi connectivity index (χ1) is 16.9. The Morgan fingerprint density at radius 3 is 2.57 bits per heavy atom. The number of rotatable bonds is 7. The molecule has 2 aromatic heterocycles. The summed E-state index contributed by atoms with van der Waals surface area (Å²) in [6.45, 7) is 6.16.